The number of carboxylic acids is 1. The van der Waals surface area contributed by atoms with Crippen LogP contribution in [0.3, 0.4) is 0 Å². The quantitative estimate of drug-likeness (QED) is 0.807. The van der Waals surface area contributed by atoms with Crippen molar-refractivity contribution in [2.24, 2.45) is 5.92 Å². The van der Waals surface area contributed by atoms with Gasteiger partial charge in [-0.2, -0.15) is 0 Å². The van der Waals surface area contributed by atoms with Gasteiger partial charge in [-0.3, -0.25) is 4.79 Å². The van der Waals surface area contributed by atoms with Crippen LogP contribution in [0, 0.1) is 5.92 Å². The molecule has 0 aliphatic rings. The summed E-state index contributed by atoms with van der Waals surface area (Å²) >= 11 is 0. The highest BCUT2D eigenvalue weighted by Gasteiger charge is 2.25. The molecule has 0 saturated heterocycles. The van der Waals surface area contributed by atoms with Crippen molar-refractivity contribution in [3.63, 3.8) is 0 Å². The Morgan fingerprint density at radius 1 is 1.41 bits per heavy atom. The van der Waals surface area contributed by atoms with Gasteiger partial charge in [-0.1, -0.05) is 41.0 Å². The summed E-state index contributed by atoms with van der Waals surface area (Å²) in [6.45, 7) is 9.77. The van der Waals surface area contributed by atoms with Crippen molar-refractivity contribution < 1.29 is 19.1 Å². The third kappa shape index (κ3) is 5.16. The zero-order valence-corrected chi connectivity index (χ0v) is 14.0. The number of carboxylic acid groups (broad SMARTS) is 1. The number of carbonyl (C=O) groups excluding carboxylic acids is 1. The molecular formula is C16H26N2O4. The monoisotopic (exact) mass is 310 g/mol. The highest BCUT2D eigenvalue weighted by molar-refractivity contribution is 5.83. The molecule has 22 heavy (non-hydrogen) atoms. The van der Waals surface area contributed by atoms with Crippen molar-refractivity contribution in [2.75, 3.05) is 0 Å². The Kier molecular flexibility index (Phi) is 6.14. The minimum absolute atomic E-state index is 0.115. The van der Waals surface area contributed by atoms with E-state index in [1.165, 1.54) is 0 Å². The van der Waals surface area contributed by atoms with Gasteiger partial charge in [0.05, 0.1) is 6.20 Å². The molecule has 0 radical (unpaired) electrons. The van der Waals surface area contributed by atoms with Crippen LogP contribution in [-0.2, 0) is 21.4 Å². The molecule has 0 fully saturated rings. The molecule has 6 heteroatoms. The maximum absolute atomic E-state index is 11.9. The third-order valence-corrected chi connectivity index (χ3v) is 3.65. The number of aliphatic carboxylic acids is 1. The Hall–Kier alpha value is -1.85. The van der Waals surface area contributed by atoms with Crippen molar-refractivity contribution in [1.82, 2.24) is 10.3 Å². The smallest absolute Gasteiger partial charge is 0.326 e. The van der Waals surface area contributed by atoms with Crippen molar-refractivity contribution in [3.05, 3.63) is 17.8 Å². The topological polar surface area (TPSA) is 92.4 Å². The lowest BCUT2D eigenvalue weighted by molar-refractivity contribution is -0.143. The first-order valence-electron chi connectivity index (χ1n) is 7.62. The molecule has 1 rings (SSSR count). The summed E-state index contributed by atoms with van der Waals surface area (Å²) in [6, 6.07) is -0.854. The van der Waals surface area contributed by atoms with Gasteiger partial charge in [0.2, 0.25) is 5.91 Å². The van der Waals surface area contributed by atoms with E-state index in [0.717, 1.165) is 5.76 Å². The molecule has 1 amide bonds. The van der Waals surface area contributed by atoms with Crippen molar-refractivity contribution in [1.29, 1.82) is 0 Å². The van der Waals surface area contributed by atoms with Gasteiger partial charge in [-0.05, 0) is 5.92 Å². The first-order valence-corrected chi connectivity index (χ1v) is 7.62. The van der Waals surface area contributed by atoms with E-state index in [-0.39, 0.29) is 23.7 Å². The lowest BCUT2D eigenvalue weighted by Gasteiger charge is -2.19. The minimum Gasteiger partial charge on any atom is -0.480 e. The van der Waals surface area contributed by atoms with Gasteiger partial charge in [0.1, 0.15) is 11.8 Å². The fourth-order valence-corrected chi connectivity index (χ4v) is 1.92. The van der Waals surface area contributed by atoms with Crippen LogP contribution in [0.25, 0.3) is 0 Å². The zero-order valence-electron chi connectivity index (χ0n) is 14.0. The molecule has 124 valence electrons. The average Bonchev–Trinajstić information content (AvgIpc) is 2.90. The molecule has 0 aliphatic carbocycles. The maximum atomic E-state index is 11.9. The lowest BCUT2D eigenvalue weighted by Crippen LogP contribution is -2.45. The summed E-state index contributed by atoms with van der Waals surface area (Å²) < 4.78 is 5.61. The predicted octanol–water partition coefficient (Wildman–Crippen LogP) is 2.52. The van der Waals surface area contributed by atoms with Gasteiger partial charge in [0.25, 0.3) is 0 Å². The second-order valence-electron chi connectivity index (χ2n) is 6.64. The summed E-state index contributed by atoms with van der Waals surface area (Å²) in [5, 5.41) is 11.7. The number of hydrogen-bond acceptors (Lipinski definition) is 4. The molecule has 0 aliphatic heterocycles. The average molecular weight is 310 g/mol. The Labute approximate surface area is 131 Å². The zero-order chi connectivity index (χ0) is 16.9. The summed E-state index contributed by atoms with van der Waals surface area (Å²) in [5.74, 6) is -0.158. The van der Waals surface area contributed by atoms with Crippen LogP contribution in [0.2, 0.25) is 0 Å². The third-order valence-electron chi connectivity index (χ3n) is 3.65. The number of nitrogens with zero attached hydrogens (tertiary/aromatic N) is 1. The van der Waals surface area contributed by atoms with Crippen LogP contribution in [-0.4, -0.2) is 28.0 Å². The number of aryl methyl sites for hydroxylation is 1. The van der Waals surface area contributed by atoms with Crippen LogP contribution in [0.4, 0.5) is 0 Å². The van der Waals surface area contributed by atoms with Gasteiger partial charge in [-0.15, -0.1) is 0 Å². The number of amides is 1. The minimum atomic E-state index is -1.01. The molecule has 1 aromatic rings. The molecule has 0 spiro atoms. The molecule has 2 atom stereocenters. The van der Waals surface area contributed by atoms with E-state index < -0.39 is 12.0 Å². The van der Waals surface area contributed by atoms with E-state index in [4.69, 9.17) is 9.52 Å². The summed E-state index contributed by atoms with van der Waals surface area (Å²) in [6.07, 6.45) is 2.87. The second-order valence-corrected chi connectivity index (χ2v) is 6.64. The molecule has 0 bridgehead atoms. The molecule has 0 unspecified atom stereocenters. The second kappa shape index (κ2) is 7.42. The largest absolute Gasteiger partial charge is 0.480 e. The van der Waals surface area contributed by atoms with Crippen LogP contribution in [0.15, 0.2) is 10.6 Å². The first-order chi connectivity index (χ1) is 10.1. The highest BCUT2D eigenvalue weighted by Crippen LogP contribution is 2.23. The van der Waals surface area contributed by atoms with E-state index in [1.54, 1.807) is 6.20 Å². The normalized spacial score (nSPS) is 14.4. The van der Waals surface area contributed by atoms with Crippen molar-refractivity contribution in [2.45, 2.75) is 65.3 Å². The molecule has 6 nitrogen and oxygen atoms in total. The standard InChI is InChI=1S/C16H26N2O4/c1-6-10(2)14(15(20)21)18-12(19)7-8-13-17-9-11(22-13)16(3,4)5/h9-10,14H,6-8H2,1-5H3,(H,18,19)(H,20,21)/t10-,14-/m0/s1. The van der Waals surface area contributed by atoms with Crippen LogP contribution >= 0.6 is 0 Å². The van der Waals surface area contributed by atoms with E-state index in [1.807, 2.05) is 34.6 Å². The van der Waals surface area contributed by atoms with E-state index in [2.05, 4.69) is 10.3 Å². The Bertz CT molecular complexity index is 516. The summed E-state index contributed by atoms with van der Waals surface area (Å²) in [5.41, 5.74) is -0.127. The van der Waals surface area contributed by atoms with E-state index in [9.17, 15) is 9.59 Å². The number of hydrogen-bond donors (Lipinski definition) is 2. The Morgan fingerprint density at radius 2 is 2.05 bits per heavy atom. The maximum Gasteiger partial charge on any atom is 0.326 e. The SMILES string of the molecule is CC[C@H](C)[C@H](NC(=O)CCc1ncc(C(C)(C)C)o1)C(=O)O. The fourth-order valence-electron chi connectivity index (χ4n) is 1.92. The van der Waals surface area contributed by atoms with Crippen LogP contribution in [0.1, 0.15) is 59.1 Å². The van der Waals surface area contributed by atoms with E-state index in [0.29, 0.717) is 18.7 Å². The molecule has 0 saturated carbocycles. The Morgan fingerprint density at radius 3 is 2.50 bits per heavy atom. The molecule has 1 heterocycles. The number of nitrogens with one attached hydrogen (secondary N) is 1. The first kappa shape index (κ1) is 18.2. The summed E-state index contributed by atoms with van der Waals surface area (Å²) in [4.78, 5) is 27.2. The summed E-state index contributed by atoms with van der Waals surface area (Å²) in [7, 11) is 0. The molecule has 1 aromatic heterocycles. The molecular weight excluding hydrogens is 284 g/mol. The van der Waals surface area contributed by atoms with Gasteiger partial charge < -0.3 is 14.8 Å². The van der Waals surface area contributed by atoms with Crippen LogP contribution in [0.5, 0.6) is 0 Å². The fraction of sp³-hybridized carbons (Fsp3) is 0.688. The van der Waals surface area contributed by atoms with Crippen LogP contribution < -0.4 is 5.32 Å². The molecule has 0 aromatic carbocycles. The van der Waals surface area contributed by atoms with Gasteiger partial charge in [0, 0.05) is 18.3 Å². The van der Waals surface area contributed by atoms with Crippen molar-refractivity contribution in [3.8, 4) is 0 Å². The van der Waals surface area contributed by atoms with Crippen molar-refractivity contribution >= 4 is 11.9 Å². The number of oxazole rings is 1. The van der Waals surface area contributed by atoms with E-state index >= 15 is 0 Å². The van der Waals surface area contributed by atoms with Gasteiger partial charge >= 0.3 is 5.97 Å². The van der Waals surface area contributed by atoms with Gasteiger partial charge in [0.15, 0.2) is 5.89 Å². The number of carbonyl (C=O) groups is 2. The van der Waals surface area contributed by atoms with Gasteiger partial charge in [-0.25, -0.2) is 9.78 Å². The highest BCUT2D eigenvalue weighted by atomic mass is 16.4. The number of aromatic nitrogens is 1. The number of rotatable bonds is 7. The Balaban J connectivity index is 2.55. The lowest BCUT2D eigenvalue weighted by atomic mass is 9.94. The predicted molar refractivity (Wildman–Crippen MR) is 82.5 cm³/mol. The molecule has 2 N–H and O–H groups in total.